The standard InChI is InChI=1S/C17H25NO4S/c1-14(13-23-2)17(19)22-16-5-3-15(4-6-16)21-12-9-18-7-10-20-11-8-18/h3-6,14H,7-13H2,1-2H3/t14-/m0/s1. The Balaban J connectivity index is 1.72. The molecule has 0 aromatic heterocycles. The van der Waals surface area contributed by atoms with Gasteiger partial charge in [0.25, 0.3) is 0 Å². The minimum Gasteiger partial charge on any atom is -0.492 e. The van der Waals surface area contributed by atoms with Gasteiger partial charge in [0.2, 0.25) is 0 Å². The largest absolute Gasteiger partial charge is 0.492 e. The van der Waals surface area contributed by atoms with Gasteiger partial charge in [0, 0.05) is 25.4 Å². The first-order valence-corrected chi connectivity index (χ1v) is 9.32. The maximum absolute atomic E-state index is 11.9. The van der Waals surface area contributed by atoms with Crippen molar-refractivity contribution in [1.82, 2.24) is 4.90 Å². The van der Waals surface area contributed by atoms with Crippen molar-refractivity contribution < 1.29 is 19.0 Å². The van der Waals surface area contributed by atoms with Crippen LogP contribution < -0.4 is 9.47 Å². The Morgan fingerprint density at radius 1 is 1.26 bits per heavy atom. The van der Waals surface area contributed by atoms with Gasteiger partial charge >= 0.3 is 5.97 Å². The number of thioether (sulfide) groups is 1. The maximum Gasteiger partial charge on any atom is 0.314 e. The normalized spacial score (nSPS) is 16.8. The highest BCUT2D eigenvalue weighted by molar-refractivity contribution is 7.98. The first kappa shape index (κ1) is 18.1. The number of rotatable bonds is 8. The summed E-state index contributed by atoms with van der Waals surface area (Å²) in [5.41, 5.74) is 0. The fourth-order valence-electron chi connectivity index (χ4n) is 2.26. The lowest BCUT2D eigenvalue weighted by atomic mass is 10.2. The Bertz CT molecular complexity index is 474. The summed E-state index contributed by atoms with van der Waals surface area (Å²) < 4.78 is 16.4. The fourth-order valence-corrected chi connectivity index (χ4v) is 2.89. The van der Waals surface area contributed by atoms with Crippen molar-refractivity contribution in [2.24, 2.45) is 5.92 Å². The molecule has 1 aromatic rings. The zero-order valence-corrected chi connectivity index (χ0v) is 14.6. The van der Waals surface area contributed by atoms with Crippen molar-refractivity contribution in [2.75, 3.05) is 51.5 Å². The van der Waals surface area contributed by atoms with E-state index < -0.39 is 0 Å². The van der Waals surface area contributed by atoms with E-state index >= 15 is 0 Å². The molecule has 0 N–H and O–H groups in total. The molecule has 0 saturated carbocycles. The van der Waals surface area contributed by atoms with Crippen LogP contribution in [0.1, 0.15) is 6.92 Å². The van der Waals surface area contributed by atoms with Gasteiger partial charge in [0.05, 0.1) is 19.1 Å². The lowest BCUT2D eigenvalue weighted by Gasteiger charge is -2.26. The molecule has 1 heterocycles. The Hall–Kier alpha value is -1.24. The first-order valence-electron chi connectivity index (χ1n) is 7.92. The quantitative estimate of drug-likeness (QED) is 0.535. The molecule has 5 nitrogen and oxygen atoms in total. The van der Waals surface area contributed by atoms with E-state index in [0.717, 1.165) is 44.4 Å². The molecule has 2 rings (SSSR count). The molecule has 0 unspecified atom stereocenters. The number of hydrogen-bond acceptors (Lipinski definition) is 6. The van der Waals surface area contributed by atoms with Crippen LogP contribution in [0, 0.1) is 5.92 Å². The van der Waals surface area contributed by atoms with Crippen molar-refractivity contribution >= 4 is 17.7 Å². The average molecular weight is 339 g/mol. The fraction of sp³-hybridized carbons (Fsp3) is 0.588. The van der Waals surface area contributed by atoms with Gasteiger partial charge in [-0.15, -0.1) is 0 Å². The second kappa shape index (κ2) is 9.80. The van der Waals surface area contributed by atoms with E-state index in [1.165, 1.54) is 0 Å². The number of nitrogens with zero attached hydrogens (tertiary/aromatic N) is 1. The van der Waals surface area contributed by atoms with Crippen molar-refractivity contribution in [1.29, 1.82) is 0 Å². The molecule has 0 bridgehead atoms. The van der Waals surface area contributed by atoms with E-state index in [2.05, 4.69) is 4.90 Å². The number of morpholine rings is 1. The van der Waals surface area contributed by atoms with Gasteiger partial charge in [-0.05, 0) is 30.5 Å². The topological polar surface area (TPSA) is 48.0 Å². The van der Waals surface area contributed by atoms with Crippen LogP contribution in [-0.4, -0.2) is 62.3 Å². The molecular formula is C17H25NO4S. The Morgan fingerprint density at radius 2 is 1.91 bits per heavy atom. The number of ether oxygens (including phenoxy) is 3. The molecule has 1 aliphatic rings. The monoisotopic (exact) mass is 339 g/mol. The molecule has 1 saturated heterocycles. The summed E-state index contributed by atoms with van der Waals surface area (Å²) in [6.07, 6.45) is 1.98. The number of hydrogen-bond donors (Lipinski definition) is 0. The van der Waals surface area contributed by atoms with Crippen LogP contribution in [0.15, 0.2) is 24.3 Å². The summed E-state index contributed by atoms with van der Waals surface area (Å²) in [5, 5.41) is 0. The van der Waals surface area contributed by atoms with Gasteiger partial charge in [-0.3, -0.25) is 9.69 Å². The lowest BCUT2D eigenvalue weighted by molar-refractivity contribution is -0.137. The third-order valence-corrected chi connectivity index (χ3v) is 4.47. The van der Waals surface area contributed by atoms with Crippen LogP contribution in [0.25, 0.3) is 0 Å². The number of carbonyl (C=O) groups is 1. The maximum atomic E-state index is 11.9. The molecule has 6 heteroatoms. The zero-order valence-electron chi connectivity index (χ0n) is 13.8. The third-order valence-electron chi connectivity index (χ3n) is 3.64. The molecule has 0 amide bonds. The summed E-state index contributed by atoms with van der Waals surface area (Å²) in [5.74, 6) is 1.81. The lowest BCUT2D eigenvalue weighted by Crippen LogP contribution is -2.38. The summed E-state index contributed by atoms with van der Waals surface area (Å²) in [6, 6.07) is 7.21. The first-order chi connectivity index (χ1) is 11.2. The summed E-state index contributed by atoms with van der Waals surface area (Å²) in [6.45, 7) is 6.95. The third kappa shape index (κ3) is 6.41. The Kier molecular flexibility index (Phi) is 7.71. The van der Waals surface area contributed by atoms with Crippen molar-refractivity contribution in [2.45, 2.75) is 6.92 Å². The molecule has 1 fully saturated rings. The van der Waals surface area contributed by atoms with E-state index in [-0.39, 0.29) is 11.9 Å². The van der Waals surface area contributed by atoms with E-state index in [0.29, 0.717) is 12.4 Å². The summed E-state index contributed by atoms with van der Waals surface area (Å²) in [7, 11) is 0. The molecule has 1 aromatic carbocycles. The highest BCUT2D eigenvalue weighted by atomic mass is 32.2. The predicted molar refractivity (Wildman–Crippen MR) is 92.4 cm³/mol. The smallest absolute Gasteiger partial charge is 0.314 e. The Morgan fingerprint density at radius 3 is 2.57 bits per heavy atom. The number of benzene rings is 1. The molecular weight excluding hydrogens is 314 g/mol. The molecule has 0 radical (unpaired) electrons. The van der Waals surface area contributed by atoms with Gasteiger partial charge < -0.3 is 14.2 Å². The van der Waals surface area contributed by atoms with Gasteiger partial charge in [-0.25, -0.2) is 0 Å². The molecule has 0 aliphatic carbocycles. The van der Waals surface area contributed by atoms with Crippen LogP contribution in [0.2, 0.25) is 0 Å². The molecule has 1 aliphatic heterocycles. The minimum absolute atomic E-state index is 0.102. The molecule has 1 atom stereocenters. The van der Waals surface area contributed by atoms with Crippen molar-refractivity contribution in [3.63, 3.8) is 0 Å². The van der Waals surface area contributed by atoms with E-state index in [1.807, 2.05) is 25.3 Å². The van der Waals surface area contributed by atoms with Crippen LogP contribution in [0.3, 0.4) is 0 Å². The summed E-state index contributed by atoms with van der Waals surface area (Å²) in [4.78, 5) is 14.2. The van der Waals surface area contributed by atoms with Gasteiger partial charge in [-0.2, -0.15) is 11.8 Å². The highest BCUT2D eigenvalue weighted by Gasteiger charge is 2.14. The van der Waals surface area contributed by atoms with Crippen LogP contribution in [0.5, 0.6) is 11.5 Å². The van der Waals surface area contributed by atoms with E-state index in [1.54, 1.807) is 23.9 Å². The van der Waals surface area contributed by atoms with E-state index in [9.17, 15) is 4.79 Å². The Labute approximate surface area is 142 Å². The SMILES string of the molecule is CSC[C@H](C)C(=O)Oc1ccc(OCCN2CCOCC2)cc1. The molecule has 23 heavy (non-hydrogen) atoms. The average Bonchev–Trinajstić information content (AvgIpc) is 2.57. The minimum atomic E-state index is -0.194. The second-order valence-electron chi connectivity index (χ2n) is 5.55. The van der Waals surface area contributed by atoms with Crippen LogP contribution in [0.4, 0.5) is 0 Å². The van der Waals surface area contributed by atoms with Gasteiger partial charge in [-0.1, -0.05) is 6.92 Å². The second-order valence-corrected chi connectivity index (χ2v) is 6.46. The van der Waals surface area contributed by atoms with Crippen molar-refractivity contribution in [3.8, 4) is 11.5 Å². The van der Waals surface area contributed by atoms with E-state index in [4.69, 9.17) is 14.2 Å². The van der Waals surface area contributed by atoms with Crippen molar-refractivity contribution in [3.05, 3.63) is 24.3 Å². The zero-order chi connectivity index (χ0) is 16.5. The van der Waals surface area contributed by atoms with Crippen LogP contribution >= 0.6 is 11.8 Å². The highest BCUT2D eigenvalue weighted by Crippen LogP contribution is 2.19. The van der Waals surface area contributed by atoms with Gasteiger partial charge in [0.15, 0.2) is 0 Å². The predicted octanol–water partition coefficient (Wildman–Crippen LogP) is 2.30. The van der Waals surface area contributed by atoms with Gasteiger partial charge in [0.1, 0.15) is 18.1 Å². The molecule has 128 valence electrons. The molecule has 0 spiro atoms. The number of carbonyl (C=O) groups excluding carboxylic acids is 1. The summed E-state index contributed by atoms with van der Waals surface area (Å²) >= 11 is 1.64. The number of esters is 1. The van der Waals surface area contributed by atoms with Crippen LogP contribution in [-0.2, 0) is 9.53 Å².